The molecule has 0 amide bonds. The molecule has 2 atom stereocenters. The zero-order chi connectivity index (χ0) is 26.4. The Balaban J connectivity index is 1.45. The van der Waals surface area contributed by atoms with Gasteiger partial charge >= 0.3 is 0 Å². The summed E-state index contributed by atoms with van der Waals surface area (Å²) in [4.78, 5) is 4.97. The van der Waals surface area contributed by atoms with Gasteiger partial charge in [-0.1, -0.05) is 103 Å². The van der Waals surface area contributed by atoms with E-state index in [0.29, 0.717) is 16.3 Å². The topological polar surface area (TPSA) is 56.9 Å². The average molecular weight is 537 g/mol. The second-order valence-electron chi connectivity index (χ2n) is 10.0. The van der Waals surface area contributed by atoms with Crippen molar-refractivity contribution in [1.29, 1.82) is 5.26 Å². The lowest BCUT2D eigenvalue weighted by molar-refractivity contribution is 0.0339. The van der Waals surface area contributed by atoms with E-state index in [-0.39, 0.29) is 5.25 Å². The summed E-state index contributed by atoms with van der Waals surface area (Å²) in [5, 5.41) is 23.0. The summed E-state index contributed by atoms with van der Waals surface area (Å²) in [6, 6.07) is 33.3. The predicted octanol–water partition coefficient (Wildman–Crippen LogP) is 8.29. The van der Waals surface area contributed by atoms with Crippen molar-refractivity contribution in [2.24, 2.45) is 0 Å². The molecule has 38 heavy (non-hydrogen) atoms. The Labute approximate surface area is 234 Å². The van der Waals surface area contributed by atoms with Crippen molar-refractivity contribution < 1.29 is 5.11 Å². The van der Waals surface area contributed by atoms with Gasteiger partial charge in [0.15, 0.2) is 0 Å². The molecule has 3 aromatic carbocycles. The molecule has 4 aromatic rings. The van der Waals surface area contributed by atoms with Crippen molar-refractivity contribution >= 4 is 23.5 Å². The molecule has 0 radical (unpaired) electrons. The van der Waals surface area contributed by atoms with E-state index in [1.165, 1.54) is 22.9 Å². The minimum atomic E-state index is -0.802. The Morgan fingerprint density at radius 3 is 2.37 bits per heavy atom. The Hall–Kier alpha value is -3.04. The van der Waals surface area contributed by atoms with E-state index in [0.717, 1.165) is 53.8 Å². The highest BCUT2D eigenvalue weighted by Gasteiger charge is 2.39. The van der Waals surface area contributed by atoms with Crippen LogP contribution in [0.25, 0.3) is 22.4 Å². The first-order chi connectivity index (χ1) is 18.6. The van der Waals surface area contributed by atoms with Crippen molar-refractivity contribution in [1.82, 2.24) is 4.98 Å². The van der Waals surface area contributed by atoms with E-state index in [1.54, 1.807) is 0 Å². The number of nitrogens with zero attached hydrogens (tertiary/aromatic N) is 2. The zero-order valence-electron chi connectivity index (χ0n) is 21.6. The van der Waals surface area contributed by atoms with Crippen molar-refractivity contribution in [3.63, 3.8) is 0 Å². The third-order valence-electron chi connectivity index (χ3n) is 7.21. The van der Waals surface area contributed by atoms with Gasteiger partial charge in [0.2, 0.25) is 0 Å². The van der Waals surface area contributed by atoms with Crippen molar-refractivity contribution in [2.75, 3.05) is 5.75 Å². The number of benzene rings is 3. The van der Waals surface area contributed by atoms with Gasteiger partial charge in [-0.05, 0) is 37.0 Å². The van der Waals surface area contributed by atoms with Crippen molar-refractivity contribution in [2.45, 2.75) is 54.2 Å². The largest absolute Gasteiger partial charge is 0.388 e. The number of aliphatic hydroxyl groups is 1. The maximum Gasteiger partial charge on any atom is 0.115 e. The Bertz CT molecular complexity index is 1400. The Morgan fingerprint density at radius 2 is 1.66 bits per heavy atom. The lowest BCUT2D eigenvalue weighted by Gasteiger charge is -2.39. The van der Waals surface area contributed by atoms with Crippen LogP contribution >= 0.6 is 23.5 Å². The summed E-state index contributed by atoms with van der Waals surface area (Å²) in [6.45, 7) is 2.06. The summed E-state index contributed by atoms with van der Waals surface area (Å²) in [5.41, 5.74) is 5.97. The molecular weight excluding hydrogens is 505 g/mol. The quantitative estimate of drug-likeness (QED) is 0.230. The molecule has 0 spiro atoms. The molecule has 0 unspecified atom stereocenters. The number of thioether (sulfide) groups is 2. The van der Waals surface area contributed by atoms with Crippen LogP contribution < -0.4 is 0 Å². The molecule has 5 rings (SSSR count). The lowest BCUT2D eigenvalue weighted by atomic mass is 9.86. The van der Waals surface area contributed by atoms with Gasteiger partial charge in [0, 0.05) is 27.9 Å². The summed E-state index contributed by atoms with van der Waals surface area (Å²) in [6.07, 6.45) is 3.95. The fourth-order valence-electron chi connectivity index (χ4n) is 5.01. The van der Waals surface area contributed by atoms with E-state index in [4.69, 9.17) is 4.98 Å². The first-order valence-corrected chi connectivity index (χ1v) is 15.2. The predicted molar refractivity (Wildman–Crippen MR) is 160 cm³/mol. The molecule has 1 heterocycles. The lowest BCUT2D eigenvalue weighted by Crippen LogP contribution is -2.45. The molecular formula is C33H32N2OS2. The van der Waals surface area contributed by atoms with Crippen LogP contribution in [0.3, 0.4) is 0 Å². The van der Waals surface area contributed by atoms with Crippen molar-refractivity contribution in [3.05, 3.63) is 108 Å². The Kier molecular flexibility index (Phi) is 8.54. The van der Waals surface area contributed by atoms with Gasteiger partial charge < -0.3 is 5.11 Å². The van der Waals surface area contributed by atoms with E-state index < -0.39 is 5.60 Å². The van der Waals surface area contributed by atoms with Gasteiger partial charge in [-0.3, -0.25) is 0 Å². The van der Waals surface area contributed by atoms with Gasteiger partial charge in [-0.15, -0.1) is 11.8 Å². The number of aryl methyl sites for hydroxylation is 1. The fourth-order valence-corrected chi connectivity index (χ4v) is 7.74. The molecule has 1 aliphatic rings. The van der Waals surface area contributed by atoms with Crippen LogP contribution in [-0.4, -0.2) is 26.7 Å². The van der Waals surface area contributed by atoms with Crippen LogP contribution in [0.2, 0.25) is 0 Å². The summed E-state index contributed by atoms with van der Waals surface area (Å²) < 4.78 is 0. The minimum Gasteiger partial charge on any atom is -0.388 e. The normalized spacial score (nSPS) is 19.1. The molecule has 0 bridgehead atoms. The van der Waals surface area contributed by atoms with Crippen LogP contribution in [0, 0.1) is 18.3 Å². The van der Waals surface area contributed by atoms with E-state index in [2.05, 4.69) is 61.5 Å². The minimum absolute atomic E-state index is 0.156. The van der Waals surface area contributed by atoms with Gasteiger partial charge in [0.1, 0.15) is 11.1 Å². The maximum atomic E-state index is 11.9. The standard InChI is InChI=1S/C33H32N2OS2/c1-24-15-17-26(18-16-24)28-20-30(27-12-6-3-7-13-27)35-32(29(28)21-34)38-23-33(36)19-9-8-14-31(33)37-22-25-10-4-2-5-11-25/h2-7,10-13,15-18,20,31,36H,8-9,14,19,22-23H2,1H3/t31-,33+/m0/s1. The summed E-state index contributed by atoms with van der Waals surface area (Å²) in [5.74, 6) is 1.41. The van der Waals surface area contributed by atoms with Gasteiger partial charge in [0.25, 0.3) is 0 Å². The SMILES string of the molecule is Cc1ccc(-c2cc(-c3ccccc3)nc(SC[C@]3(O)CCCC[C@@H]3SCc3ccccc3)c2C#N)cc1. The maximum absolute atomic E-state index is 11.9. The first kappa shape index (κ1) is 26.6. The second kappa shape index (κ2) is 12.2. The molecule has 192 valence electrons. The molecule has 1 saturated carbocycles. The highest BCUT2D eigenvalue weighted by atomic mass is 32.2. The number of nitriles is 1. The second-order valence-corrected chi connectivity index (χ2v) is 12.2. The summed E-state index contributed by atoms with van der Waals surface area (Å²) in [7, 11) is 0. The molecule has 1 aliphatic carbocycles. The van der Waals surface area contributed by atoms with Crippen LogP contribution in [0.5, 0.6) is 0 Å². The number of pyridine rings is 1. The molecule has 1 fully saturated rings. The van der Waals surface area contributed by atoms with Crippen molar-refractivity contribution in [3.8, 4) is 28.5 Å². The third kappa shape index (κ3) is 6.15. The van der Waals surface area contributed by atoms with Crippen LogP contribution in [-0.2, 0) is 5.75 Å². The average Bonchev–Trinajstić information content (AvgIpc) is 2.96. The Morgan fingerprint density at radius 1 is 0.947 bits per heavy atom. The van der Waals surface area contributed by atoms with Gasteiger partial charge in [-0.2, -0.15) is 17.0 Å². The molecule has 0 saturated heterocycles. The van der Waals surface area contributed by atoms with Gasteiger partial charge in [0.05, 0.1) is 16.9 Å². The number of aromatic nitrogens is 1. The summed E-state index contributed by atoms with van der Waals surface area (Å²) >= 11 is 3.38. The first-order valence-electron chi connectivity index (χ1n) is 13.1. The van der Waals surface area contributed by atoms with Crippen LogP contribution in [0.4, 0.5) is 0 Å². The molecule has 1 aromatic heterocycles. The van der Waals surface area contributed by atoms with Crippen LogP contribution in [0.15, 0.2) is 96.0 Å². The van der Waals surface area contributed by atoms with Crippen LogP contribution in [0.1, 0.15) is 42.4 Å². The van der Waals surface area contributed by atoms with E-state index in [1.807, 2.05) is 54.2 Å². The smallest absolute Gasteiger partial charge is 0.115 e. The number of rotatable bonds is 8. The fraction of sp³-hybridized carbons (Fsp3) is 0.273. The third-order valence-corrected chi connectivity index (χ3v) is 10.00. The van der Waals surface area contributed by atoms with Gasteiger partial charge in [-0.25, -0.2) is 4.98 Å². The molecule has 3 nitrogen and oxygen atoms in total. The highest BCUT2D eigenvalue weighted by molar-refractivity contribution is 8.00. The number of hydrogen-bond donors (Lipinski definition) is 1. The monoisotopic (exact) mass is 536 g/mol. The van der Waals surface area contributed by atoms with E-state index in [9.17, 15) is 10.4 Å². The number of hydrogen-bond acceptors (Lipinski definition) is 5. The molecule has 0 aliphatic heterocycles. The molecule has 5 heteroatoms. The highest BCUT2D eigenvalue weighted by Crippen LogP contribution is 2.42. The zero-order valence-corrected chi connectivity index (χ0v) is 23.3. The van der Waals surface area contributed by atoms with E-state index >= 15 is 0 Å². The molecule has 1 N–H and O–H groups in total.